The van der Waals surface area contributed by atoms with Crippen LogP contribution in [0.25, 0.3) is 10.4 Å². The van der Waals surface area contributed by atoms with Crippen molar-refractivity contribution < 1.29 is 9.53 Å². The second-order valence-electron chi connectivity index (χ2n) is 5.23. The molecule has 2 aromatic rings. The number of rotatable bonds is 2. The standard InChI is InChI=1S/C14H17N3O2S/c1-14(2,3)17(13(18)19-4)12-16-9-11(20-12)10-6-5-7-15-8-10/h5-9H,1-4H3. The maximum atomic E-state index is 12.0. The highest BCUT2D eigenvalue weighted by atomic mass is 32.1. The van der Waals surface area contributed by atoms with Crippen LogP contribution in [0.4, 0.5) is 9.93 Å². The average molecular weight is 291 g/mol. The van der Waals surface area contributed by atoms with Crippen LogP contribution < -0.4 is 4.90 Å². The van der Waals surface area contributed by atoms with Crippen molar-refractivity contribution in [1.29, 1.82) is 0 Å². The number of hydrogen-bond donors (Lipinski definition) is 0. The molecule has 0 aliphatic heterocycles. The monoisotopic (exact) mass is 291 g/mol. The summed E-state index contributed by atoms with van der Waals surface area (Å²) in [4.78, 5) is 22.9. The summed E-state index contributed by atoms with van der Waals surface area (Å²) in [5.74, 6) is 0. The highest BCUT2D eigenvalue weighted by Crippen LogP contribution is 2.34. The zero-order valence-electron chi connectivity index (χ0n) is 12.0. The molecule has 0 atom stereocenters. The second-order valence-corrected chi connectivity index (χ2v) is 6.23. The predicted octanol–water partition coefficient (Wildman–Crippen LogP) is 3.58. The minimum atomic E-state index is -0.412. The normalized spacial score (nSPS) is 11.2. The molecule has 0 radical (unpaired) electrons. The first-order valence-corrected chi connectivity index (χ1v) is 6.99. The molecular weight excluding hydrogens is 274 g/mol. The van der Waals surface area contributed by atoms with Crippen LogP contribution in [0.5, 0.6) is 0 Å². The lowest BCUT2D eigenvalue weighted by Gasteiger charge is -2.31. The fourth-order valence-corrected chi connectivity index (χ4v) is 2.83. The number of ether oxygens (including phenoxy) is 1. The van der Waals surface area contributed by atoms with E-state index in [0.717, 1.165) is 10.4 Å². The van der Waals surface area contributed by atoms with Crippen molar-refractivity contribution in [3.05, 3.63) is 30.7 Å². The molecule has 6 heteroatoms. The van der Waals surface area contributed by atoms with Gasteiger partial charge in [0.15, 0.2) is 5.13 Å². The number of methoxy groups -OCH3 is 1. The lowest BCUT2D eigenvalue weighted by Crippen LogP contribution is -2.45. The number of pyridine rings is 1. The van der Waals surface area contributed by atoms with Crippen molar-refractivity contribution in [2.24, 2.45) is 0 Å². The van der Waals surface area contributed by atoms with E-state index in [1.54, 1.807) is 23.5 Å². The van der Waals surface area contributed by atoms with Crippen LogP contribution in [0.3, 0.4) is 0 Å². The van der Waals surface area contributed by atoms with Gasteiger partial charge in [-0.1, -0.05) is 17.4 Å². The largest absolute Gasteiger partial charge is 0.452 e. The molecule has 0 aliphatic carbocycles. The van der Waals surface area contributed by atoms with E-state index in [9.17, 15) is 4.79 Å². The summed E-state index contributed by atoms with van der Waals surface area (Å²) in [7, 11) is 1.37. The quantitative estimate of drug-likeness (QED) is 0.848. The first-order chi connectivity index (χ1) is 9.43. The van der Waals surface area contributed by atoms with Gasteiger partial charge < -0.3 is 4.74 Å². The third-order valence-electron chi connectivity index (χ3n) is 2.66. The Morgan fingerprint density at radius 1 is 1.35 bits per heavy atom. The highest BCUT2D eigenvalue weighted by molar-refractivity contribution is 7.19. The SMILES string of the molecule is COC(=O)N(c1ncc(-c2cccnc2)s1)C(C)(C)C. The van der Waals surface area contributed by atoms with Gasteiger partial charge in [-0.25, -0.2) is 14.7 Å². The molecule has 0 aliphatic rings. The Bertz CT molecular complexity index is 590. The smallest absolute Gasteiger partial charge is 0.416 e. The molecule has 0 N–H and O–H groups in total. The summed E-state index contributed by atoms with van der Waals surface area (Å²) < 4.78 is 4.85. The first-order valence-electron chi connectivity index (χ1n) is 6.18. The van der Waals surface area contributed by atoms with Crippen LogP contribution >= 0.6 is 11.3 Å². The maximum absolute atomic E-state index is 12.0. The van der Waals surface area contributed by atoms with E-state index in [1.807, 2.05) is 32.9 Å². The molecular formula is C14H17N3O2S. The van der Waals surface area contributed by atoms with Gasteiger partial charge in [0.05, 0.1) is 12.0 Å². The fourth-order valence-electron chi connectivity index (χ4n) is 1.74. The molecule has 2 heterocycles. The minimum Gasteiger partial charge on any atom is -0.452 e. The van der Waals surface area contributed by atoms with Gasteiger partial charge in [0.1, 0.15) is 0 Å². The number of thiazole rings is 1. The van der Waals surface area contributed by atoms with Crippen molar-refractivity contribution >= 4 is 22.6 Å². The lowest BCUT2D eigenvalue weighted by atomic mass is 10.1. The number of hydrogen-bond acceptors (Lipinski definition) is 5. The van der Waals surface area contributed by atoms with Crippen LogP contribution in [0.2, 0.25) is 0 Å². The van der Waals surface area contributed by atoms with E-state index >= 15 is 0 Å². The molecule has 2 rings (SSSR count). The van der Waals surface area contributed by atoms with E-state index in [4.69, 9.17) is 4.74 Å². The van der Waals surface area contributed by atoms with E-state index in [-0.39, 0.29) is 0 Å². The minimum absolute atomic E-state index is 0.406. The molecule has 0 bridgehead atoms. The molecule has 20 heavy (non-hydrogen) atoms. The molecule has 0 aromatic carbocycles. The molecule has 2 aromatic heterocycles. The Hall–Kier alpha value is -1.95. The Balaban J connectivity index is 2.37. The molecule has 5 nitrogen and oxygen atoms in total. The predicted molar refractivity (Wildman–Crippen MR) is 80.0 cm³/mol. The summed E-state index contributed by atoms with van der Waals surface area (Å²) >= 11 is 1.44. The van der Waals surface area contributed by atoms with Crippen LogP contribution in [0.1, 0.15) is 20.8 Å². The number of nitrogens with zero attached hydrogens (tertiary/aromatic N) is 3. The zero-order chi connectivity index (χ0) is 14.8. The molecule has 0 spiro atoms. The highest BCUT2D eigenvalue weighted by Gasteiger charge is 2.31. The average Bonchev–Trinajstić information content (AvgIpc) is 2.87. The van der Waals surface area contributed by atoms with Gasteiger partial charge in [0.25, 0.3) is 0 Å². The third kappa shape index (κ3) is 2.96. The van der Waals surface area contributed by atoms with Crippen molar-refractivity contribution in [3.63, 3.8) is 0 Å². The summed E-state index contributed by atoms with van der Waals surface area (Å²) in [5.41, 5.74) is 0.576. The zero-order valence-corrected chi connectivity index (χ0v) is 12.8. The molecule has 0 fully saturated rings. The van der Waals surface area contributed by atoms with E-state index in [2.05, 4.69) is 9.97 Å². The molecule has 106 valence electrons. The number of aromatic nitrogens is 2. The number of carbonyl (C=O) groups excluding carboxylic acids is 1. The topological polar surface area (TPSA) is 55.3 Å². The second kappa shape index (κ2) is 5.58. The molecule has 0 saturated heterocycles. The van der Waals surface area contributed by atoms with Crippen LogP contribution in [-0.4, -0.2) is 28.7 Å². The molecule has 1 amide bonds. The first kappa shape index (κ1) is 14.5. The number of anilines is 1. The van der Waals surface area contributed by atoms with Gasteiger partial charge in [0, 0.05) is 29.7 Å². The summed E-state index contributed by atoms with van der Waals surface area (Å²) in [5, 5.41) is 0.614. The lowest BCUT2D eigenvalue weighted by molar-refractivity contribution is 0.172. The number of carbonyl (C=O) groups is 1. The van der Waals surface area contributed by atoms with Gasteiger partial charge in [-0.05, 0) is 26.8 Å². The van der Waals surface area contributed by atoms with Crippen LogP contribution in [-0.2, 0) is 4.74 Å². The van der Waals surface area contributed by atoms with E-state index in [1.165, 1.54) is 18.4 Å². The van der Waals surface area contributed by atoms with Crippen LogP contribution in [0, 0.1) is 0 Å². The molecule has 0 saturated carbocycles. The van der Waals surface area contributed by atoms with Crippen molar-refractivity contribution in [1.82, 2.24) is 9.97 Å². The van der Waals surface area contributed by atoms with Crippen molar-refractivity contribution in [2.45, 2.75) is 26.3 Å². The Kier molecular flexibility index (Phi) is 4.04. The van der Waals surface area contributed by atoms with Gasteiger partial charge >= 0.3 is 6.09 Å². The Morgan fingerprint density at radius 3 is 2.65 bits per heavy atom. The summed E-state index contributed by atoms with van der Waals surface area (Å²) in [6, 6.07) is 3.83. The fraction of sp³-hybridized carbons (Fsp3) is 0.357. The Labute approximate surface area is 122 Å². The van der Waals surface area contributed by atoms with Crippen molar-refractivity contribution in [2.75, 3.05) is 12.0 Å². The summed E-state index contributed by atoms with van der Waals surface area (Å²) in [6.45, 7) is 5.82. The van der Waals surface area contributed by atoms with Gasteiger partial charge in [0.2, 0.25) is 0 Å². The summed E-state index contributed by atoms with van der Waals surface area (Å²) in [6.07, 6.45) is 4.83. The molecule has 0 unspecified atom stereocenters. The Morgan fingerprint density at radius 2 is 2.10 bits per heavy atom. The van der Waals surface area contributed by atoms with Gasteiger partial charge in [-0.2, -0.15) is 0 Å². The van der Waals surface area contributed by atoms with Crippen LogP contribution in [0.15, 0.2) is 30.7 Å². The van der Waals surface area contributed by atoms with Gasteiger partial charge in [-0.15, -0.1) is 0 Å². The van der Waals surface area contributed by atoms with Crippen molar-refractivity contribution in [3.8, 4) is 10.4 Å². The number of amides is 1. The van der Waals surface area contributed by atoms with Gasteiger partial charge in [-0.3, -0.25) is 4.98 Å². The third-order valence-corrected chi connectivity index (χ3v) is 3.69. The van der Waals surface area contributed by atoms with E-state index < -0.39 is 11.6 Å². The maximum Gasteiger partial charge on any atom is 0.416 e. The van der Waals surface area contributed by atoms with E-state index in [0.29, 0.717) is 5.13 Å².